The standard InChI is InChI=1S/C24H23FN4O4S.ClH/c25-18-2-1-3-19-22(18)26-24(34-19)28(11-10-27-12-14-33-15-13-27)23(32)16-4-6-17(7-5-16)29-20(30)8-9-21(29)31;/h1-7H,8-15H2;1H. The summed E-state index contributed by atoms with van der Waals surface area (Å²) in [5.74, 6) is -1.19. The Balaban J connectivity index is 0.00000289. The maximum atomic E-state index is 14.3. The Kier molecular flexibility index (Phi) is 7.75. The van der Waals surface area contributed by atoms with Crippen molar-refractivity contribution in [2.45, 2.75) is 12.8 Å². The summed E-state index contributed by atoms with van der Waals surface area (Å²) in [7, 11) is 0. The number of morpholine rings is 1. The number of amides is 3. The van der Waals surface area contributed by atoms with Gasteiger partial charge in [-0.2, -0.15) is 0 Å². The molecule has 0 spiro atoms. The number of hydrogen-bond acceptors (Lipinski definition) is 7. The molecule has 0 radical (unpaired) electrons. The number of hydrogen-bond donors (Lipinski definition) is 0. The van der Waals surface area contributed by atoms with Gasteiger partial charge in [-0.1, -0.05) is 17.4 Å². The number of thiazole rings is 1. The molecule has 5 rings (SSSR count). The summed E-state index contributed by atoms with van der Waals surface area (Å²) in [6, 6.07) is 11.2. The lowest BCUT2D eigenvalue weighted by Gasteiger charge is -2.29. The number of nitrogens with zero attached hydrogens (tertiary/aromatic N) is 4. The number of aromatic nitrogens is 1. The van der Waals surface area contributed by atoms with E-state index in [1.165, 1.54) is 17.4 Å². The topological polar surface area (TPSA) is 83.1 Å². The van der Waals surface area contributed by atoms with E-state index in [4.69, 9.17) is 4.74 Å². The van der Waals surface area contributed by atoms with Gasteiger partial charge < -0.3 is 4.74 Å². The molecule has 35 heavy (non-hydrogen) atoms. The number of fused-ring (bicyclic) bond motifs is 1. The molecule has 3 amide bonds. The molecular weight excluding hydrogens is 495 g/mol. The third kappa shape index (κ3) is 5.20. The van der Waals surface area contributed by atoms with Gasteiger partial charge in [0.1, 0.15) is 11.3 Å². The Morgan fingerprint density at radius 1 is 1.06 bits per heavy atom. The van der Waals surface area contributed by atoms with Crippen LogP contribution in [0.5, 0.6) is 0 Å². The van der Waals surface area contributed by atoms with E-state index in [1.807, 2.05) is 0 Å². The van der Waals surface area contributed by atoms with Crippen LogP contribution in [-0.4, -0.2) is 67.0 Å². The SMILES string of the molecule is Cl.O=C(c1ccc(N2C(=O)CCC2=O)cc1)N(CCN1CCOCC1)c1nc2c(F)cccc2s1. The molecule has 0 N–H and O–H groups in total. The molecule has 0 aliphatic carbocycles. The van der Waals surface area contributed by atoms with Crippen molar-refractivity contribution in [3.8, 4) is 0 Å². The highest BCUT2D eigenvalue weighted by molar-refractivity contribution is 7.22. The zero-order valence-electron chi connectivity index (χ0n) is 18.8. The second-order valence-corrected chi connectivity index (χ2v) is 9.17. The second kappa shape index (κ2) is 10.8. The summed E-state index contributed by atoms with van der Waals surface area (Å²) in [5, 5.41) is 0.423. The van der Waals surface area contributed by atoms with Gasteiger partial charge in [-0.15, -0.1) is 12.4 Å². The van der Waals surface area contributed by atoms with Crippen LogP contribution in [0.15, 0.2) is 42.5 Å². The van der Waals surface area contributed by atoms with Crippen LogP contribution in [0.2, 0.25) is 0 Å². The van der Waals surface area contributed by atoms with Gasteiger partial charge in [-0.05, 0) is 36.4 Å². The Morgan fingerprint density at radius 3 is 2.40 bits per heavy atom. The molecule has 2 aromatic carbocycles. The van der Waals surface area contributed by atoms with Gasteiger partial charge >= 0.3 is 0 Å². The largest absolute Gasteiger partial charge is 0.379 e. The monoisotopic (exact) mass is 518 g/mol. The van der Waals surface area contributed by atoms with Crippen molar-refractivity contribution in [1.82, 2.24) is 9.88 Å². The highest BCUT2D eigenvalue weighted by atomic mass is 35.5. The summed E-state index contributed by atoms with van der Waals surface area (Å²) < 4.78 is 20.3. The first kappa shape index (κ1) is 25.2. The Morgan fingerprint density at radius 2 is 1.74 bits per heavy atom. The number of carbonyl (C=O) groups is 3. The lowest BCUT2D eigenvalue weighted by molar-refractivity contribution is -0.121. The van der Waals surface area contributed by atoms with Crippen LogP contribution >= 0.6 is 23.7 Å². The van der Waals surface area contributed by atoms with E-state index >= 15 is 0 Å². The molecular formula is C24H24ClFN4O4S. The molecule has 0 saturated carbocycles. The van der Waals surface area contributed by atoms with E-state index in [-0.39, 0.29) is 48.5 Å². The smallest absolute Gasteiger partial charge is 0.260 e. The van der Waals surface area contributed by atoms with Crippen LogP contribution in [0.4, 0.5) is 15.2 Å². The summed E-state index contributed by atoms with van der Waals surface area (Å²) in [5.41, 5.74) is 1.09. The highest BCUT2D eigenvalue weighted by Crippen LogP contribution is 2.31. The third-order valence-corrected chi connectivity index (χ3v) is 7.05. The minimum Gasteiger partial charge on any atom is -0.379 e. The van der Waals surface area contributed by atoms with E-state index in [9.17, 15) is 18.8 Å². The maximum Gasteiger partial charge on any atom is 0.260 e. The molecule has 0 atom stereocenters. The molecule has 11 heteroatoms. The van der Waals surface area contributed by atoms with Crippen molar-refractivity contribution >= 4 is 62.5 Å². The van der Waals surface area contributed by atoms with Crippen molar-refractivity contribution in [2.24, 2.45) is 0 Å². The average Bonchev–Trinajstić information content (AvgIpc) is 3.43. The van der Waals surface area contributed by atoms with Crippen molar-refractivity contribution in [1.29, 1.82) is 0 Å². The molecule has 3 heterocycles. The van der Waals surface area contributed by atoms with Gasteiger partial charge in [0.05, 0.1) is 23.6 Å². The van der Waals surface area contributed by atoms with Gasteiger partial charge in [-0.3, -0.25) is 29.1 Å². The number of anilines is 2. The van der Waals surface area contributed by atoms with Crippen molar-refractivity contribution in [3.63, 3.8) is 0 Å². The van der Waals surface area contributed by atoms with Gasteiger partial charge in [0, 0.05) is 44.6 Å². The fraction of sp³-hybridized carbons (Fsp3) is 0.333. The van der Waals surface area contributed by atoms with E-state index in [0.29, 0.717) is 47.4 Å². The van der Waals surface area contributed by atoms with Crippen molar-refractivity contribution in [2.75, 3.05) is 49.2 Å². The predicted octanol–water partition coefficient (Wildman–Crippen LogP) is 3.49. The minimum absolute atomic E-state index is 0. The Bertz CT molecular complexity index is 1230. The van der Waals surface area contributed by atoms with Crippen LogP contribution in [0, 0.1) is 5.82 Å². The number of ether oxygens (including phenoxy) is 1. The Labute approximate surface area is 211 Å². The molecule has 3 aromatic rings. The molecule has 0 bridgehead atoms. The molecule has 8 nitrogen and oxygen atoms in total. The fourth-order valence-electron chi connectivity index (χ4n) is 4.14. The minimum atomic E-state index is -0.426. The van der Waals surface area contributed by atoms with Crippen LogP contribution in [-0.2, 0) is 14.3 Å². The molecule has 184 valence electrons. The van der Waals surface area contributed by atoms with Crippen LogP contribution < -0.4 is 9.80 Å². The quantitative estimate of drug-likeness (QED) is 0.465. The lowest BCUT2D eigenvalue weighted by Crippen LogP contribution is -2.43. The van der Waals surface area contributed by atoms with Crippen molar-refractivity contribution < 1.29 is 23.5 Å². The second-order valence-electron chi connectivity index (χ2n) is 8.16. The molecule has 2 saturated heterocycles. The molecule has 0 unspecified atom stereocenters. The first-order chi connectivity index (χ1) is 16.5. The van der Waals surface area contributed by atoms with Gasteiger partial charge in [-0.25, -0.2) is 9.37 Å². The predicted molar refractivity (Wildman–Crippen MR) is 134 cm³/mol. The maximum absolute atomic E-state index is 14.3. The number of rotatable bonds is 6. The first-order valence-electron chi connectivity index (χ1n) is 11.1. The van der Waals surface area contributed by atoms with Gasteiger partial charge in [0.2, 0.25) is 11.8 Å². The lowest BCUT2D eigenvalue weighted by atomic mass is 10.1. The van der Waals surface area contributed by atoms with Crippen LogP contribution in [0.3, 0.4) is 0 Å². The summed E-state index contributed by atoms with van der Waals surface area (Å²) in [6.45, 7) is 3.87. The van der Waals surface area contributed by atoms with E-state index in [1.54, 1.807) is 41.3 Å². The Hall–Kier alpha value is -2.92. The molecule has 2 aliphatic rings. The van der Waals surface area contributed by atoms with Gasteiger partial charge in [0.15, 0.2) is 5.13 Å². The zero-order chi connectivity index (χ0) is 23.7. The normalized spacial score (nSPS) is 16.5. The summed E-state index contributed by atoms with van der Waals surface area (Å²) in [4.78, 5) is 47.0. The molecule has 2 fully saturated rings. The third-order valence-electron chi connectivity index (χ3n) is 6.00. The number of para-hydroxylation sites is 1. The number of halogens is 2. The van der Waals surface area contributed by atoms with E-state index in [0.717, 1.165) is 18.0 Å². The van der Waals surface area contributed by atoms with Crippen LogP contribution in [0.1, 0.15) is 23.2 Å². The zero-order valence-corrected chi connectivity index (χ0v) is 20.4. The first-order valence-corrected chi connectivity index (χ1v) is 12.0. The summed E-state index contributed by atoms with van der Waals surface area (Å²) >= 11 is 1.27. The van der Waals surface area contributed by atoms with Gasteiger partial charge in [0.25, 0.3) is 5.91 Å². The number of carbonyl (C=O) groups excluding carboxylic acids is 3. The van der Waals surface area contributed by atoms with Crippen LogP contribution in [0.25, 0.3) is 10.2 Å². The van der Waals surface area contributed by atoms with E-state index < -0.39 is 5.82 Å². The average molecular weight is 519 g/mol. The number of benzene rings is 2. The molecule has 1 aromatic heterocycles. The molecule has 2 aliphatic heterocycles. The number of imide groups is 1. The highest BCUT2D eigenvalue weighted by Gasteiger charge is 2.30. The van der Waals surface area contributed by atoms with E-state index in [2.05, 4.69) is 9.88 Å². The summed E-state index contributed by atoms with van der Waals surface area (Å²) in [6.07, 6.45) is 0.395. The fourth-order valence-corrected chi connectivity index (χ4v) is 5.15. The van der Waals surface area contributed by atoms with Crippen molar-refractivity contribution in [3.05, 3.63) is 53.8 Å².